The predicted octanol–water partition coefficient (Wildman–Crippen LogP) is 2.77. The molecule has 9 heteroatoms. The van der Waals surface area contributed by atoms with Crippen molar-refractivity contribution < 1.29 is 17.9 Å². The maximum Gasteiger partial charge on any atom is 0.255 e. The second kappa shape index (κ2) is 11.0. The molecule has 0 aliphatic rings. The van der Waals surface area contributed by atoms with Gasteiger partial charge in [0, 0.05) is 24.3 Å². The monoisotopic (exact) mass is 427 g/mol. The third-order valence-corrected chi connectivity index (χ3v) is 5.33. The number of halogens is 1. The Morgan fingerprint density at radius 1 is 1.18 bits per heavy atom. The molecule has 154 valence electrons. The van der Waals surface area contributed by atoms with Crippen LogP contribution in [-0.4, -0.2) is 33.5 Å². The summed E-state index contributed by atoms with van der Waals surface area (Å²) in [6.07, 6.45) is 0.990. The van der Waals surface area contributed by atoms with E-state index >= 15 is 0 Å². The predicted molar refractivity (Wildman–Crippen MR) is 113 cm³/mol. The second-order valence-corrected chi connectivity index (χ2v) is 7.80. The van der Waals surface area contributed by atoms with Crippen molar-refractivity contribution in [1.29, 1.82) is 0 Å². The van der Waals surface area contributed by atoms with Gasteiger partial charge in [0.15, 0.2) is 0 Å². The van der Waals surface area contributed by atoms with E-state index in [-0.39, 0.29) is 42.4 Å². The average Bonchev–Trinajstić information content (AvgIpc) is 2.67. The standard InChI is InChI=1S/C19H25N3O4S.ClH/c1-3-14(2)26-17-9-7-15(8-10-17)19(23)22-16-5-4-6-18(13-16)27(24,25)21-12-11-20;/h4-10,13-14,21H,3,11-12,20H2,1-2H3,(H,22,23);1H. The zero-order valence-electron chi connectivity index (χ0n) is 15.8. The highest BCUT2D eigenvalue weighted by atomic mass is 35.5. The fourth-order valence-electron chi connectivity index (χ4n) is 2.22. The molecule has 2 aromatic rings. The van der Waals surface area contributed by atoms with E-state index in [2.05, 4.69) is 10.0 Å². The second-order valence-electron chi connectivity index (χ2n) is 6.03. The summed E-state index contributed by atoms with van der Waals surface area (Å²) >= 11 is 0. The Kier molecular flexibility index (Phi) is 9.40. The van der Waals surface area contributed by atoms with Gasteiger partial charge in [0.25, 0.3) is 5.91 Å². The topological polar surface area (TPSA) is 111 Å². The molecule has 0 fully saturated rings. The number of hydrogen-bond donors (Lipinski definition) is 3. The first-order chi connectivity index (χ1) is 12.9. The van der Waals surface area contributed by atoms with Gasteiger partial charge in [-0.1, -0.05) is 13.0 Å². The van der Waals surface area contributed by atoms with E-state index < -0.39 is 10.0 Å². The maximum absolute atomic E-state index is 12.4. The van der Waals surface area contributed by atoms with Crippen LogP contribution in [0.3, 0.4) is 0 Å². The SMILES string of the molecule is CCC(C)Oc1ccc(C(=O)Nc2cccc(S(=O)(=O)NCCN)c2)cc1.Cl. The fourth-order valence-corrected chi connectivity index (χ4v) is 3.31. The number of sulfonamides is 1. The van der Waals surface area contributed by atoms with Crippen LogP contribution in [0, 0.1) is 0 Å². The van der Waals surface area contributed by atoms with Crippen molar-refractivity contribution in [3.05, 3.63) is 54.1 Å². The Bertz CT molecular complexity index is 873. The number of ether oxygens (including phenoxy) is 1. The van der Waals surface area contributed by atoms with Crippen LogP contribution in [0.1, 0.15) is 30.6 Å². The molecule has 0 aliphatic heterocycles. The van der Waals surface area contributed by atoms with Gasteiger partial charge in [0.2, 0.25) is 10.0 Å². The molecule has 0 spiro atoms. The van der Waals surface area contributed by atoms with E-state index in [1.54, 1.807) is 36.4 Å². The molecule has 0 saturated heterocycles. The molecule has 4 N–H and O–H groups in total. The van der Waals surface area contributed by atoms with Crippen LogP contribution in [0.15, 0.2) is 53.4 Å². The fraction of sp³-hybridized carbons (Fsp3) is 0.316. The van der Waals surface area contributed by atoms with Crippen LogP contribution in [-0.2, 0) is 10.0 Å². The van der Waals surface area contributed by atoms with Crippen LogP contribution < -0.4 is 20.5 Å². The highest BCUT2D eigenvalue weighted by molar-refractivity contribution is 7.89. The number of benzene rings is 2. The highest BCUT2D eigenvalue weighted by Crippen LogP contribution is 2.18. The van der Waals surface area contributed by atoms with Gasteiger partial charge in [-0.2, -0.15) is 0 Å². The number of amides is 1. The average molecular weight is 428 g/mol. The summed E-state index contributed by atoms with van der Waals surface area (Å²) in [5.41, 5.74) is 6.16. The van der Waals surface area contributed by atoms with E-state index in [1.807, 2.05) is 13.8 Å². The Morgan fingerprint density at radius 2 is 1.86 bits per heavy atom. The minimum atomic E-state index is -3.66. The molecule has 0 radical (unpaired) electrons. The van der Waals surface area contributed by atoms with Gasteiger partial charge < -0.3 is 15.8 Å². The minimum Gasteiger partial charge on any atom is -0.491 e. The molecule has 1 atom stereocenters. The van der Waals surface area contributed by atoms with Gasteiger partial charge >= 0.3 is 0 Å². The summed E-state index contributed by atoms with van der Waals surface area (Å²) in [5, 5.41) is 2.70. The maximum atomic E-state index is 12.4. The van der Waals surface area contributed by atoms with E-state index in [0.717, 1.165) is 6.42 Å². The van der Waals surface area contributed by atoms with Crippen molar-refractivity contribution in [2.24, 2.45) is 5.73 Å². The van der Waals surface area contributed by atoms with Gasteiger partial charge in [-0.05, 0) is 55.8 Å². The lowest BCUT2D eigenvalue weighted by atomic mass is 10.2. The van der Waals surface area contributed by atoms with Crippen molar-refractivity contribution in [2.75, 3.05) is 18.4 Å². The zero-order chi connectivity index (χ0) is 19.9. The molecular formula is C19H26ClN3O4S. The molecule has 1 unspecified atom stereocenters. The highest BCUT2D eigenvalue weighted by Gasteiger charge is 2.14. The number of nitrogens with one attached hydrogen (secondary N) is 2. The molecule has 1 amide bonds. The third-order valence-electron chi connectivity index (χ3n) is 3.87. The summed E-state index contributed by atoms with van der Waals surface area (Å²) in [6, 6.07) is 12.8. The quantitative estimate of drug-likeness (QED) is 0.569. The van der Waals surface area contributed by atoms with Crippen LogP contribution >= 0.6 is 12.4 Å². The minimum absolute atomic E-state index is 0. The van der Waals surface area contributed by atoms with Gasteiger partial charge in [-0.3, -0.25) is 4.79 Å². The molecule has 2 aromatic carbocycles. The number of hydrogen-bond acceptors (Lipinski definition) is 5. The lowest BCUT2D eigenvalue weighted by Crippen LogP contribution is -2.29. The van der Waals surface area contributed by atoms with Gasteiger partial charge in [0.1, 0.15) is 5.75 Å². The first kappa shape index (κ1) is 23.9. The molecule has 0 bridgehead atoms. The third kappa shape index (κ3) is 6.79. The summed E-state index contributed by atoms with van der Waals surface area (Å²) in [4.78, 5) is 12.5. The van der Waals surface area contributed by atoms with E-state index in [0.29, 0.717) is 17.0 Å². The Hall–Kier alpha value is -2.13. The van der Waals surface area contributed by atoms with Gasteiger partial charge in [-0.15, -0.1) is 12.4 Å². The lowest BCUT2D eigenvalue weighted by Gasteiger charge is -2.13. The Balaban J connectivity index is 0.00000392. The van der Waals surface area contributed by atoms with Crippen molar-refractivity contribution in [1.82, 2.24) is 4.72 Å². The van der Waals surface area contributed by atoms with Crippen LogP contribution in [0.4, 0.5) is 5.69 Å². The van der Waals surface area contributed by atoms with Crippen molar-refractivity contribution in [3.63, 3.8) is 0 Å². The summed E-state index contributed by atoms with van der Waals surface area (Å²) in [5.74, 6) is 0.356. The number of carbonyl (C=O) groups excluding carboxylic acids is 1. The normalized spacial score (nSPS) is 12.0. The molecule has 0 saturated carbocycles. The molecule has 7 nitrogen and oxygen atoms in total. The Morgan fingerprint density at radius 3 is 2.46 bits per heavy atom. The van der Waals surface area contributed by atoms with E-state index in [4.69, 9.17) is 10.5 Å². The van der Waals surface area contributed by atoms with E-state index in [1.165, 1.54) is 12.1 Å². The largest absolute Gasteiger partial charge is 0.491 e. The smallest absolute Gasteiger partial charge is 0.255 e. The molecule has 28 heavy (non-hydrogen) atoms. The lowest BCUT2D eigenvalue weighted by molar-refractivity contribution is 0.102. The summed E-state index contributed by atoms with van der Waals surface area (Å²) in [6.45, 7) is 4.35. The molecule has 0 aromatic heterocycles. The van der Waals surface area contributed by atoms with Crippen LogP contribution in [0.2, 0.25) is 0 Å². The van der Waals surface area contributed by atoms with Gasteiger partial charge in [-0.25, -0.2) is 13.1 Å². The van der Waals surface area contributed by atoms with Crippen molar-refractivity contribution in [2.45, 2.75) is 31.3 Å². The van der Waals surface area contributed by atoms with Crippen molar-refractivity contribution >= 4 is 34.0 Å². The number of anilines is 1. The molecule has 0 aliphatic carbocycles. The molecule has 0 heterocycles. The number of nitrogens with two attached hydrogens (primary N) is 1. The zero-order valence-corrected chi connectivity index (χ0v) is 17.5. The van der Waals surface area contributed by atoms with E-state index in [9.17, 15) is 13.2 Å². The molecular weight excluding hydrogens is 402 g/mol. The first-order valence-electron chi connectivity index (χ1n) is 8.73. The Labute approximate surface area is 172 Å². The first-order valence-corrected chi connectivity index (χ1v) is 10.2. The van der Waals surface area contributed by atoms with Crippen molar-refractivity contribution in [3.8, 4) is 5.75 Å². The molecule has 2 rings (SSSR count). The number of rotatable bonds is 9. The van der Waals surface area contributed by atoms with Crippen LogP contribution in [0.5, 0.6) is 5.75 Å². The summed E-state index contributed by atoms with van der Waals surface area (Å²) < 4.78 is 32.4. The summed E-state index contributed by atoms with van der Waals surface area (Å²) in [7, 11) is -3.66. The van der Waals surface area contributed by atoms with Gasteiger partial charge in [0.05, 0.1) is 11.0 Å². The number of carbonyl (C=O) groups is 1. The van der Waals surface area contributed by atoms with Crippen LogP contribution in [0.25, 0.3) is 0 Å².